The van der Waals surface area contributed by atoms with Gasteiger partial charge in [-0.2, -0.15) is 0 Å². The molecule has 1 N–H and O–H groups in total. The number of hydrogen-bond acceptors (Lipinski definition) is 4. The quantitative estimate of drug-likeness (QED) is 0.696. The molecule has 0 amide bonds. The van der Waals surface area contributed by atoms with Crippen LogP contribution in [0.2, 0.25) is 0 Å². The molecular formula is C8H13NO3. The molecule has 12 heavy (non-hydrogen) atoms. The summed E-state index contributed by atoms with van der Waals surface area (Å²) in [5.74, 6) is 1.39. The molecule has 0 spiro atoms. The first-order valence-corrected chi connectivity index (χ1v) is 3.90. The summed E-state index contributed by atoms with van der Waals surface area (Å²) in [5.41, 5.74) is 0. The van der Waals surface area contributed by atoms with Crippen molar-refractivity contribution in [3.8, 4) is 0 Å². The molecule has 0 unspecified atom stereocenters. The molecule has 4 nitrogen and oxygen atoms in total. The van der Waals surface area contributed by atoms with Gasteiger partial charge in [0.15, 0.2) is 5.89 Å². The Balaban J connectivity index is 2.41. The van der Waals surface area contributed by atoms with E-state index in [0.29, 0.717) is 25.3 Å². The summed E-state index contributed by atoms with van der Waals surface area (Å²) in [4.78, 5) is 4.01. The van der Waals surface area contributed by atoms with Crippen LogP contribution in [0.25, 0.3) is 0 Å². The number of rotatable bonds is 5. The Morgan fingerprint density at radius 2 is 2.42 bits per heavy atom. The van der Waals surface area contributed by atoms with Gasteiger partial charge < -0.3 is 14.3 Å². The highest BCUT2D eigenvalue weighted by Crippen LogP contribution is 2.04. The van der Waals surface area contributed by atoms with Crippen molar-refractivity contribution in [1.82, 2.24) is 4.98 Å². The van der Waals surface area contributed by atoms with Gasteiger partial charge in [0.1, 0.15) is 5.76 Å². The molecule has 0 atom stereocenters. The van der Waals surface area contributed by atoms with E-state index in [1.807, 2.05) is 0 Å². The zero-order valence-electron chi connectivity index (χ0n) is 7.12. The van der Waals surface area contributed by atoms with Gasteiger partial charge in [0.2, 0.25) is 0 Å². The highest BCUT2D eigenvalue weighted by atomic mass is 16.5. The number of nitrogens with zero attached hydrogens (tertiary/aromatic N) is 1. The number of hydrogen-bond donors (Lipinski definition) is 1. The Kier molecular flexibility index (Phi) is 3.76. The highest BCUT2D eigenvalue weighted by Gasteiger charge is 2.01. The Morgan fingerprint density at radius 3 is 3.08 bits per heavy atom. The van der Waals surface area contributed by atoms with Gasteiger partial charge in [-0.1, -0.05) is 0 Å². The second-order valence-electron chi connectivity index (χ2n) is 2.44. The summed E-state index contributed by atoms with van der Waals surface area (Å²) in [6, 6.07) is 0. The van der Waals surface area contributed by atoms with Crippen LogP contribution in [0.1, 0.15) is 11.7 Å². The molecule has 0 aliphatic rings. The third-order valence-electron chi connectivity index (χ3n) is 1.48. The van der Waals surface area contributed by atoms with Crippen molar-refractivity contribution in [3.05, 3.63) is 17.8 Å². The van der Waals surface area contributed by atoms with Crippen LogP contribution in [0.4, 0.5) is 0 Å². The van der Waals surface area contributed by atoms with Gasteiger partial charge in [0, 0.05) is 20.0 Å². The van der Waals surface area contributed by atoms with Crippen LogP contribution in [0.5, 0.6) is 0 Å². The molecule has 0 saturated carbocycles. The summed E-state index contributed by atoms with van der Waals surface area (Å²) < 4.78 is 10.1. The number of aliphatic hydroxyl groups excluding tert-OH is 1. The first-order chi connectivity index (χ1) is 5.86. The van der Waals surface area contributed by atoms with E-state index in [4.69, 9.17) is 14.3 Å². The lowest BCUT2D eigenvalue weighted by atomic mass is 10.4. The molecule has 1 aromatic heterocycles. The summed E-state index contributed by atoms with van der Waals surface area (Å²) >= 11 is 0. The normalized spacial score (nSPS) is 10.5. The van der Waals surface area contributed by atoms with E-state index < -0.39 is 0 Å². The Hall–Kier alpha value is -0.870. The number of aliphatic hydroxyl groups is 1. The van der Waals surface area contributed by atoms with Gasteiger partial charge in [-0.15, -0.1) is 0 Å². The van der Waals surface area contributed by atoms with Crippen LogP contribution >= 0.6 is 0 Å². The average Bonchev–Trinajstić information content (AvgIpc) is 2.50. The lowest BCUT2D eigenvalue weighted by Gasteiger charge is -1.93. The molecule has 0 aromatic carbocycles. The molecule has 0 aliphatic carbocycles. The molecule has 1 aromatic rings. The number of ether oxygens (including phenoxy) is 1. The van der Waals surface area contributed by atoms with E-state index in [-0.39, 0.29) is 6.61 Å². The van der Waals surface area contributed by atoms with Gasteiger partial charge in [-0.3, -0.25) is 0 Å². The van der Waals surface area contributed by atoms with Crippen LogP contribution < -0.4 is 0 Å². The van der Waals surface area contributed by atoms with Gasteiger partial charge in [-0.25, -0.2) is 4.98 Å². The van der Waals surface area contributed by atoms with Crippen LogP contribution in [0.3, 0.4) is 0 Å². The van der Waals surface area contributed by atoms with Crippen LogP contribution in [0, 0.1) is 0 Å². The molecule has 0 fully saturated rings. The first-order valence-electron chi connectivity index (χ1n) is 3.90. The third-order valence-corrected chi connectivity index (χ3v) is 1.48. The molecule has 1 rings (SSSR count). The van der Waals surface area contributed by atoms with Crippen molar-refractivity contribution < 1.29 is 14.3 Å². The molecule has 1 heterocycles. The minimum atomic E-state index is 0.0961. The van der Waals surface area contributed by atoms with E-state index in [0.717, 1.165) is 5.76 Å². The molecule has 0 aliphatic heterocycles. The zero-order valence-corrected chi connectivity index (χ0v) is 7.12. The zero-order chi connectivity index (χ0) is 8.81. The molecule has 0 bridgehead atoms. The largest absolute Gasteiger partial charge is 0.446 e. The Morgan fingerprint density at radius 1 is 1.58 bits per heavy atom. The van der Waals surface area contributed by atoms with E-state index in [1.54, 1.807) is 13.3 Å². The van der Waals surface area contributed by atoms with E-state index >= 15 is 0 Å². The van der Waals surface area contributed by atoms with Gasteiger partial charge in [0.25, 0.3) is 0 Å². The lowest BCUT2D eigenvalue weighted by Crippen LogP contribution is -1.93. The summed E-state index contributed by atoms with van der Waals surface area (Å²) in [7, 11) is 1.64. The van der Waals surface area contributed by atoms with Crippen molar-refractivity contribution in [2.75, 3.05) is 20.3 Å². The number of oxazole rings is 1. The number of aromatic nitrogens is 1. The first kappa shape index (κ1) is 9.22. The molecule has 0 saturated heterocycles. The molecular weight excluding hydrogens is 158 g/mol. The lowest BCUT2D eigenvalue weighted by molar-refractivity contribution is 0.194. The van der Waals surface area contributed by atoms with Gasteiger partial charge in [0.05, 0.1) is 19.4 Å². The maximum absolute atomic E-state index is 8.59. The fourth-order valence-corrected chi connectivity index (χ4v) is 0.879. The molecule has 4 heteroatoms. The predicted molar refractivity (Wildman–Crippen MR) is 42.9 cm³/mol. The number of methoxy groups -OCH3 is 1. The maximum Gasteiger partial charge on any atom is 0.196 e. The topological polar surface area (TPSA) is 55.5 Å². The van der Waals surface area contributed by atoms with E-state index in [9.17, 15) is 0 Å². The van der Waals surface area contributed by atoms with Crippen LogP contribution in [-0.4, -0.2) is 30.4 Å². The van der Waals surface area contributed by atoms with Crippen molar-refractivity contribution in [1.29, 1.82) is 0 Å². The summed E-state index contributed by atoms with van der Waals surface area (Å²) in [6.45, 7) is 0.706. The predicted octanol–water partition coefficient (Wildman–Crippen LogP) is 0.398. The van der Waals surface area contributed by atoms with Crippen molar-refractivity contribution in [2.45, 2.75) is 12.8 Å². The average molecular weight is 171 g/mol. The highest BCUT2D eigenvalue weighted by molar-refractivity contribution is 4.94. The van der Waals surface area contributed by atoms with Crippen LogP contribution in [0.15, 0.2) is 10.6 Å². The molecule has 0 radical (unpaired) electrons. The molecule has 68 valence electrons. The minimum absolute atomic E-state index is 0.0961. The van der Waals surface area contributed by atoms with E-state index in [2.05, 4.69) is 4.98 Å². The smallest absolute Gasteiger partial charge is 0.196 e. The fourth-order valence-electron chi connectivity index (χ4n) is 0.879. The standard InChI is InChI=1S/C8H13NO3/c1-11-5-3-8-9-6-7(12-8)2-4-10/h6,10H,2-5H2,1H3. The Labute approximate surface area is 71.2 Å². The van der Waals surface area contributed by atoms with Crippen molar-refractivity contribution in [2.24, 2.45) is 0 Å². The maximum atomic E-state index is 8.59. The fraction of sp³-hybridized carbons (Fsp3) is 0.625. The second-order valence-corrected chi connectivity index (χ2v) is 2.44. The van der Waals surface area contributed by atoms with Crippen molar-refractivity contribution in [3.63, 3.8) is 0 Å². The van der Waals surface area contributed by atoms with Gasteiger partial charge >= 0.3 is 0 Å². The summed E-state index contributed by atoms with van der Waals surface area (Å²) in [6.07, 6.45) is 2.85. The Bertz CT molecular complexity index is 222. The monoisotopic (exact) mass is 171 g/mol. The van der Waals surface area contributed by atoms with Crippen molar-refractivity contribution >= 4 is 0 Å². The van der Waals surface area contributed by atoms with Gasteiger partial charge in [-0.05, 0) is 0 Å². The SMILES string of the molecule is COCCc1ncc(CCO)o1. The third kappa shape index (κ3) is 2.64. The van der Waals surface area contributed by atoms with Crippen LogP contribution in [-0.2, 0) is 17.6 Å². The second kappa shape index (κ2) is 4.90. The summed E-state index contributed by atoms with van der Waals surface area (Å²) in [5, 5.41) is 8.59. The van der Waals surface area contributed by atoms with E-state index in [1.165, 1.54) is 0 Å². The minimum Gasteiger partial charge on any atom is -0.446 e.